The zero-order valence-corrected chi connectivity index (χ0v) is 16.5. The Morgan fingerprint density at radius 1 is 1.10 bits per heavy atom. The molecule has 0 aliphatic carbocycles. The second kappa shape index (κ2) is 7.05. The number of benzene rings is 2. The van der Waals surface area contributed by atoms with Crippen LogP contribution in [-0.2, 0) is 0 Å². The van der Waals surface area contributed by atoms with Gasteiger partial charge in [0.1, 0.15) is 22.7 Å². The fourth-order valence-electron chi connectivity index (χ4n) is 3.69. The number of oxazole rings is 1. The van der Waals surface area contributed by atoms with Gasteiger partial charge in [0.15, 0.2) is 11.1 Å². The Labute approximate surface area is 173 Å². The smallest absolute Gasteiger partial charge is 0.287 e. The maximum atomic E-state index is 13.8. The first kappa shape index (κ1) is 19.0. The molecule has 0 radical (unpaired) electrons. The van der Waals surface area contributed by atoms with Crippen molar-refractivity contribution in [2.24, 2.45) is 0 Å². The number of alkyl halides is 2. The molecule has 0 saturated carbocycles. The van der Waals surface area contributed by atoms with E-state index in [0.717, 1.165) is 4.52 Å². The SMILES string of the molecule is COc1cccc2oc(-c3c(C)[nH]c4c(-c5ccccc5)c(C(F)F)nn4c3=O)nc12. The highest BCUT2D eigenvalue weighted by atomic mass is 19.3. The van der Waals surface area contributed by atoms with E-state index in [2.05, 4.69) is 15.1 Å². The van der Waals surface area contributed by atoms with Crippen LogP contribution in [0.25, 0.3) is 39.3 Å². The standard InChI is InChI=1S/C22H16F2N4O3/c1-11-15(21-26-17-13(30-2)9-6-10-14(17)31-21)22(29)28-20(25-11)16(18(27-28)19(23)24)12-7-4-3-5-8-12/h3-10,19,25H,1-2H3. The van der Waals surface area contributed by atoms with Crippen molar-refractivity contribution in [3.05, 3.63) is 70.3 Å². The van der Waals surface area contributed by atoms with Gasteiger partial charge in [-0.25, -0.2) is 13.8 Å². The molecule has 0 atom stereocenters. The molecule has 156 valence electrons. The summed E-state index contributed by atoms with van der Waals surface area (Å²) in [6.45, 7) is 1.66. The first-order valence-electron chi connectivity index (χ1n) is 9.42. The van der Waals surface area contributed by atoms with Crippen molar-refractivity contribution in [3.8, 4) is 28.3 Å². The molecule has 0 bridgehead atoms. The maximum Gasteiger partial charge on any atom is 0.287 e. The summed E-state index contributed by atoms with van der Waals surface area (Å²) in [7, 11) is 1.51. The second-order valence-corrected chi connectivity index (χ2v) is 6.94. The van der Waals surface area contributed by atoms with Gasteiger partial charge in [0.2, 0.25) is 5.89 Å². The zero-order chi connectivity index (χ0) is 21.7. The molecule has 0 unspecified atom stereocenters. The van der Waals surface area contributed by atoms with Gasteiger partial charge in [0.25, 0.3) is 12.0 Å². The molecular formula is C22H16F2N4O3. The van der Waals surface area contributed by atoms with E-state index in [1.165, 1.54) is 7.11 Å². The lowest BCUT2D eigenvalue weighted by atomic mass is 10.1. The summed E-state index contributed by atoms with van der Waals surface area (Å²) >= 11 is 0. The largest absolute Gasteiger partial charge is 0.494 e. The van der Waals surface area contributed by atoms with Gasteiger partial charge in [-0.05, 0) is 24.6 Å². The Hall–Kier alpha value is -4.01. The van der Waals surface area contributed by atoms with Crippen molar-refractivity contribution in [2.75, 3.05) is 7.11 Å². The monoisotopic (exact) mass is 422 g/mol. The van der Waals surface area contributed by atoms with E-state index >= 15 is 0 Å². The number of hydrogen-bond acceptors (Lipinski definition) is 5. The summed E-state index contributed by atoms with van der Waals surface area (Å²) in [5.74, 6) is 0.545. The molecule has 2 aromatic carbocycles. The zero-order valence-electron chi connectivity index (χ0n) is 16.5. The van der Waals surface area contributed by atoms with Gasteiger partial charge in [-0.1, -0.05) is 36.4 Å². The highest BCUT2D eigenvalue weighted by molar-refractivity contribution is 5.84. The summed E-state index contributed by atoms with van der Waals surface area (Å²) in [4.78, 5) is 20.8. The molecule has 0 spiro atoms. The van der Waals surface area contributed by atoms with E-state index in [1.54, 1.807) is 55.5 Å². The van der Waals surface area contributed by atoms with Crippen LogP contribution in [0.1, 0.15) is 17.8 Å². The molecule has 5 rings (SSSR count). The highest BCUT2D eigenvalue weighted by Gasteiger charge is 2.26. The van der Waals surface area contributed by atoms with Crippen molar-refractivity contribution in [2.45, 2.75) is 13.3 Å². The van der Waals surface area contributed by atoms with Gasteiger partial charge in [-0.15, -0.1) is 0 Å². The van der Waals surface area contributed by atoms with Crippen LogP contribution in [-0.4, -0.2) is 26.7 Å². The number of fused-ring (bicyclic) bond motifs is 2. The van der Waals surface area contributed by atoms with E-state index < -0.39 is 17.7 Å². The topological polar surface area (TPSA) is 85.4 Å². The summed E-state index contributed by atoms with van der Waals surface area (Å²) in [6, 6.07) is 13.8. The fourth-order valence-corrected chi connectivity index (χ4v) is 3.69. The average Bonchev–Trinajstić information content (AvgIpc) is 3.36. The Balaban J connectivity index is 1.81. The number of rotatable bonds is 4. The van der Waals surface area contributed by atoms with Gasteiger partial charge in [0, 0.05) is 5.69 Å². The summed E-state index contributed by atoms with van der Waals surface area (Å²) < 4.78 is 39.6. The van der Waals surface area contributed by atoms with E-state index in [1.807, 2.05) is 0 Å². The molecular weight excluding hydrogens is 406 g/mol. The van der Waals surface area contributed by atoms with Crippen LogP contribution in [0, 0.1) is 6.92 Å². The summed E-state index contributed by atoms with van der Waals surface area (Å²) in [6.07, 6.45) is -2.86. The quantitative estimate of drug-likeness (QED) is 0.452. The number of ether oxygens (including phenoxy) is 1. The molecule has 5 aromatic rings. The van der Waals surface area contributed by atoms with Gasteiger partial charge in [0.05, 0.1) is 12.7 Å². The van der Waals surface area contributed by atoms with Gasteiger partial charge in [-0.3, -0.25) is 4.79 Å². The lowest BCUT2D eigenvalue weighted by Crippen LogP contribution is -2.19. The molecule has 0 aliphatic heterocycles. The Morgan fingerprint density at radius 2 is 1.87 bits per heavy atom. The summed E-state index contributed by atoms with van der Waals surface area (Å²) in [5.41, 5.74) is 1.22. The highest BCUT2D eigenvalue weighted by Crippen LogP contribution is 2.34. The second-order valence-electron chi connectivity index (χ2n) is 6.94. The van der Waals surface area contributed by atoms with Gasteiger partial charge >= 0.3 is 0 Å². The number of aromatic nitrogens is 4. The maximum absolute atomic E-state index is 13.8. The fraction of sp³-hybridized carbons (Fsp3) is 0.136. The number of hydrogen-bond donors (Lipinski definition) is 1. The molecule has 3 heterocycles. The van der Waals surface area contributed by atoms with E-state index in [4.69, 9.17) is 9.15 Å². The van der Waals surface area contributed by atoms with Crippen LogP contribution in [0.4, 0.5) is 8.78 Å². The first-order chi connectivity index (χ1) is 15.0. The number of para-hydroxylation sites is 1. The van der Waals surface area contributed by atoms with Gasteiger partial charge < -0.3 is 14.1 Å². The van der Waals surface area contributed by atoms with E-state index in [9.17, 15) is 13.6 Å². The number of aromatic amines is 1. The number of halogens is 2. The normalized spacial score (nSPS) is 11.6. The Kier molecular flexibility index (Phi) is 4.32. The predicted octanol–water partition coefficient (Wildman–Crippen LogP) is 4.75. The molecule has 31 heavy (non-hydrogen) atoms. The molecule has 0 fully saturated rings. The summed E-state index contributed by atoms with van der Waals surface area (Å²) in [5, 5.41) is 3.93. The van der Waals surface area contributed by atoms with Gasteiger partial charge in [-0.2, -0.15) is 9.61 Å². The minimum atomic E-state index is -2.86. The third-order valence-electron chi connectivity index (χ3n) is 5.08. The molecule has 0 saturated heterocycles. The van der Waals surface area contributed by atoms with Crippen LogP contribution in [0.2, 0.25) is 0 Å². The van der Waals surface area contributed by atoms with Crippen molar-refractivity contribution in [1.29, 1.82) is 0 Å². The first-order valence-corrected chi connectivity index (χ1v) is 9.42. The molecule has 9 heteroatoms. The lowest BCUT2D eigenvalue weighted by molar-refractivity contribution is 0.146. The number of aryl methyl sites for hydroxylation is 1. The number of H-pyrrole nitrogens is 1. The molecule has 3 aromatic heterocycles. The van der Waals surface area contributed by atoms with E-state index in [-0.39, 0.29) is 22.7 Å². The van der Waals surface area contributed by atoms with Crippen molar-refractivity contribution >= 4 is 16.7 Å². The van der Waals surface area contributed by atoms with Crippen molar-refractivity contribution in [3.63, 3.8) is 0 Å². The number of nitrogens with one attached hydrogen (secondary N) is 1. The number of nitrogens with zero attached hydrogens (tertiary/aromatic N) is 3. The minimum absolute atomic E-state index is 0.0514. The van der Waals surface area contributed by atoms with Crippen LogP contribution in [0.15, 0.2) is 57.7 Å². The Bertz CT molecular complexity index is 1490. The predicted molar refractivity (Wildman–Crippen MR) is 110 cm³/mol. The van der Waals surface area contributed by atoms with Crippen molar-refractivity contribution in [1.82, 2.24) is 19.6 Å². The number of methoxy groups -OCH3 is 1. The van der Waals surface area contributed by atoms with Crippen LogP contribution >= 0.6 is 0 Å². The molecule has 0 amide bonds. The third kappa shape index (κ3) is 2.89. The average molecular weight is 422 g/mol. The van der Waals surface area contributed by atoms with Crippen LogP contribution in [0.3, 0.4) is 0 Å². The van der Waals surface area contributed by atoms with Crippen LogP contribution < -0.4 is 10.3 Å². The van der Waals surface area contributed by atoms with E-state index in [0.29, 0.717) is 28.1 Å². The van der Waals surface area contributed by atoms with Crippen molar-refractivity contribution < 1.29 is 17.9 Å². The molecule has 0 aliphatic rings. The molecule has 1 N–H and O–H groups in total. The lowest BCUT2D eigenvalue weighted by Gasteiger charge is -2.05. The Morgan fingerprint density at radius 3 is 2.58 bits per heavy atom. The molecule has 7 nitrogen and oxygen atoms in total. The third-order valence-corrected chi connectivity index (χ3v) is 5.08. The minimum Gasteiger partial charge on any atom is -0.494 e. The van der Waals surface area contributed by atoms with Crippen LogP contribution in [0.5, 0.6) is 5.75 Å².